The normalized spacial score (nSPS) is 11.3. The van der Waals surface area contributed by atoms with Gasteiger partial charge in [-0.1, -0.05) is 18.2 Å². The first-order chi connectivity index (χ1) is 9.92. The van der Waals surface area contributed by atoms with Crippen molar-refractivity contribution in [2.24, 2.45) is 0 Å². The molecule has 0 fully saturated rings. The summed E-state index contributed by atoms with van der Waals surface area (Å²) < 4.78 is 26.2. The van der Waals surface area contributed by atoms with Crippen molar-refractivity contribution in [3.63, 3.8) is 0 Å². The van der Waals surface area contributed by atoms with Crippen molar-refractivity contribution in [2.75, 3.05) is 12.4 Å². The lowest BCUT2D eigenvalue weighted by Gasteiger charge is -2.11. The molecule has 0 aliphatic rings. The third kappa shape index (κ3) is 3.74. The number of rotatable bonds is 5. The standard InChI is InChI=1S/C15H18N2O3S/c1-11-3-6-13(9-15(11)21(19,20)16-2)17-10-12-4-7-14(18)8-5-12/h3-9,16-18H,10H2,1-2H3. The summed E-state index contributed by atoms with van der Waals surface area (Å²) in [7, 11) is -2.07. The summed E-state index contributed by atoms with van der Waals surface area (Å²) in [6, 6.07) is 12.1. The van der Waals surface area contributed by atoms with E-state index in [1.165, 1.54) is 7.05 Å². The largest absolute Gasteiger partial charge is 0.508 e. The van der Waals surface area contributed by atoms with Crippen molar-refractivity contribution in [3.05, 3.63) is 53.6 Å². The van der Waals surface area contributed by atoms with Gasteiger partial charge in [0.05, 0.1) is 4.90 Å². The highest BCUT2D eigenvalue weighted by Gasteiger charge is 2.14. The number of phenols is 1. The quantitative estimate of drug-likeness (QED) is 0.791. The van der Waals surface area contributed by atoms with Crippen LogP contribution in [-0.4, -0.2) is 20.6 Å². The number of hydrogen-bond donors (Lipinski definition) is 3. The van der Waals surface area contributed by atoms with E-state index >= 15 is 0 Å². The summed E-state index contributed by atoms with van der Waals surface area (Å²) in [5.74, 6) is 0.219. The van der Waals surface area contributed by atoms with Gasteiger partial charge in [0.25, 0.3) is 0 Å². The minimum atomic E-state index is -3.46. The lowest BCUT2D eigenvalue weighted by molar-refractivity contribution is 0.475. The van der Waals surface area contributed by atoms with Crippen LogP contribution >= 0.6 is 0 Å². The van der Waals surface area contributed by atoms with E-state index < -0.39 is 10.0 Å². The van der Waals surface area contributed by atoms with E-state index in [1.807, 2.05) is 18.2 Å². The molecule has 3 N–H and O–H groups in total. The second kappa shape index (κ2) is 6.15. The molecule has 6 heteroatoms. The topological polar surface area (TPSA) is 78.4 Å². The first-order valence-corrected chi connectivity index (χ1v) is 7.96. The smallest absolute Gasteiger partial charge is 0.240 e. The number of benzene rings is 2. The van der Waals surface area contributed by atoms with Gasteiger partial charge >= 0.3 is 0 Å². The Balaban J connectivity index is 2.18. The molecule has 21 heavy (non-hydrogen) atoms. The van der Waals surface area contributed by atoms with Crippen LogP contribution < -0.4 is 10.0 Å². The van der Waals surface area contributed by atoms with E-state index in [4.69, 9.17) is 0 Å². The molecule has 2 aromatic rings. The minimum Gasteiger partial charge on any atom is -0.508 e. The maximum atomic E-state index is 11.9. The Bertz CT molecular complexity index is 725. The van der Waals surface area contributed by atoms with Gasteiger partial charge in [0.15, 0.2) is 0 Å². The molecule has 0 bridgehead atoms. The molecule has 2 rings (SSSR count). The monoisotopic (exact) mass is 306 g/mol. The molecular weight excluding hydrogens is 288 g/mol. The Kier molecular flexibility index (Phi) is 4.50. The van der Waals surface area contributed by atoms with E-state index in [2.05, 4.69) is 10.0 Å². The van der Waals surface area contributed by atoms with Crippen molar-refractivity contribution in [3.8, 4) is 5.75 Å². The molecule has 0 atom stereocenters. The van der Waals surface area contributed by atoms with Crippen LogP contribution in [0.2, 0.25) is 0 Å². The average Bonchev–Trinajstić information content (AvgIpc) is 2.48. The molecule has 0 unspecified atom stereocenters. The first kappa shape index (κ1) is 15.3. The molecule has 2 aromatic carbocycles. The highest BCUT2D eigenvalue weighted by atomic mass is 32.2. The summed E-state index contributed by atoms with van der Waals surface area (Å²) in [6.07, 6.45) is 0. The molecule has 112 valence electrons. The van der Waals surface area contributed by atoms with Crippen LogP contribution in [0.1, 0.15) is 11.1 Å². The fourth-order valence-electron chi connectivity index (χ4n) is 1.93. The number of phenolic OH excluding ortho intramolecular Hbond substituents is 1. The molecular formula is C15H18N2O3S. The maximum absolute atomic E-state index is 11.9. The lowest BCUT2D eigenvalue weighted by Crippen LogP contribution is -2.19. The summed E-state index contributed by atoms with van der Waals surface area (Å²) in [5.41, 5.74) is 2.41. The van der Waals surface area contributed by atoms with Crippen LogP contribution in [0.4, 0.5) is 5.69 Å². The van der Waals surface area contributed by atoms with Crippen LogP contribution in [0.25, 0.3) is 0 Å². The van der Waals surface area contributed by atoms with Crippen LogP contribution in [0.3, 0.4) is 0 Å². The third-order valence-corrected chi connectivity index (χ3v) is 4.74. The summed E-state index contributed by atoms with van der Waals surface area (Å²) in [5, 5.41) is 12.4. The van der Waals surface area contributed by atoms with Crippen LogP contribution in [0.15, 0.2) is 47.4 Å². The maximum Gasteiger partial charge on any atom is 0.240 e. The van der Waals surface area contributed by atoms with Gasteiger partial charge in [-0.3, -0.25) is 0 Å². The van der Waals surface area contributed by atoms with Crippen LogP contribution in [-0.2, 0) is 16.6 Å². The van der Waals surface area contributed by atoms with Gasteiger partial charge in [0, 0.05) is 12.2 Å². The molecule has 0 heterocycles. The van der Waals surface area contributed by atoms with E-state index in [0.29, 0.717) is 12.1 Å². The molecule has 5 nitrogen and oxygen atoms in total. The Labute approximate surface area is 124 Å². The van der Waals surface area contributed by atoms with Crippen molar-refractivity contribution < 1.29 is 13.5 Å². The van der Waals surface area contributed by atoms with E-state index in [1.54, 1.807) is 31.2 Å². The number of anilines is 1. The van der Waals surface area contributed by atoms with Gasteiger partial charge in [0.1, 0.15) is 5.75 Å². The van der Waals surface area contributed by atoms with E-state index in [-0.39, 0.29) is 10.6 Å². The highest BCUT2D eigenvalue weighted by molar-refractivity contribution is 7.89. The summed E-state index contributed by atoms with van der Waals surface area (Å²) in [4.78, 5) is 0.265. The Morgan fingerprint density at radius 2 is 1.76 bits per heavy atom. The molecule has 0 amide bonds. The Hall–Kier alpha value is -2.05. The number of aromatic hydroxyl groups is 1. The third-order valence-electron chi connectivity index (χ3n) is 3.18. The zero-order chi connectivity index (χ0) is 15.5. The Morgan fingerprint density at radius 1 is 1.10 bits per heavy atom. The molecule has 0 aromatic heterocycles. The lowest BCUT2D eigenvalue weighted by atomic mass is 10.2. The average molecular weight is 306 g/mol. The molecule has 0 spiro atoms. The van der Waals surface area contributed by atoms with Gasteiger partial charge in [0.2, 0.25) is 10.0 Å². The van der Waals surface area contributed by atoms with Gasteiger partial charge in [-0.05, 0) is 49.4 Å². The van der Waals surface area contributed by atoms with E-state index in [9.17, 15) is 13.5 Å². The second-order valence-corrected chi connectivity index (χ2v) is 6.56. The number of aryl methyl sites for hydroxylation is 1. The summed E-state index contributed by atoms with van der Waals surface area (Å²) in [6.45, 7) is 2.30. The predicted octanol–water partition coefficient (Wildman–Crippen LogP) is 2.22. The first-order valence-electron chi connectivity index (χ1n) is 6.48. The number of nitrogens with one attached hydrogen (secondary N) is 2. The Morgan fingerprint density at radius 3 is 2.38 bits per heavy atom. The van der Waals surface area contributed by atoms with Gasteiger partial charge in [-0.2, -0.15) is 0 Å². The summed E-state index contributed by atoms with van der Waals surface area (Å²) >= 11 is 0. The zero-order valence-corrected chi connectivity index (χ0v) is 12.7. The fraction of sp³-hybridized carbons (Fsp3) is 0.200. The number of hydrogen-bond acceptors (Lipinski definition) is 4. The van der Waals surface area contributed by atoms with Crippen molar-refractivity contribution in [1.29, 1.82) is 0 Å². The van der Waals surface area contributed by atoms with E-state index in [0.717, 1.165) is 11.3 Å². The minimum absolute atomic E-state index is 0.219. The van der Waals surface area contributed by atoms with Crippen molar-refractivity contribution >= 4 is 15.7 Å². The zero-order valence-electron chi connectivity index (χ0n) is 11.9. The highest BCUT2D eigenvalue weighted by Crippen LogP contribution is 2.20. The number of sulfonamides is 1. The molecule has 0 radical (unpaired) electrons. The fourth-order valence-corrected chi connectivity index (χ4v) is 2.92. The van der Waals surface area contributed by atoms with Crippen molar-refractivity contribution in [1.82, 2.24) is 4.72 Å². The van der Waals surface area contributed by atoms with Gasteiger partial charge < -0.3 is 10.4 Å². The van der Waals surface area contributed by atoms with Crippen LogP contribution in [0, 0.1) is 6.92 Å². The van der Waals surface area contributed by atoms with Gasteiger partial charge in [-0.15, -0.1) is 0 Å². The molecule has 0 saturated heterocycles. The molecule has 0 saturated carbocycles. The second-order valence-electron chi connectivity index (χ2n) is 4.71. The SMILES string of the molecule is CNS(=O)(=O)c1cc(NCc2ccc(O)cc2)ccc1C. The predicted molar refractivity (Wildman–Crippen MR) is 82.9 cm³/mol. The van der Waals surface area contributed by atoms with Gasteiger partial charge in [-0.25, -0.2) is 13.1 Å². The van der Waals surface area contributed by atoms with Crippen molar-refractivity contribution in [2.45, 2.75) is 18.4 Å². The van der Waals surface area contributed by atoms with Crippen LogP contribution in [0.5, 0.6) is 5.75 Å². The molecule has 0 aliphatic heterocycles. The molecule has 0 aliphatic carbocycles.